The van der Waals surface area contributed by atoms with E-state index in [9.17, 15) is 0 Å². The van der Waals surface area contributed by atoms with Gasteiger partial charge in [0.25, 0.3) is 0 Å². The lowest BCUT2D eigenvalue weighted by molar-refractivity contribution is 0.512. The topological polar surface area (TPSA) is 13.1 Å². The molecule has 3 heteroatoms. The van der Waals surface area contributed by atoms with E-state index in [1.807, 2.05) is 36.4 Å². The molecule has 0 saturated carbocycles. The maximum absolute atomic E-state index is 6.69. The second kappa shape index (κ2) is 5.51. The van der Waals surface area contributed by atoms with Gasteiger partial charge in [-0.3, -0.25) is 0 Å². The Labute approximate surface area is 128 Å². The summed E-state index contributed by atoms with van der Waals surface area (Å²) in [4.78, 5) is 0. The van der Waals surface area contributed by atoms with Crippen molar-refractivity contribution >= 4 is 34.0 Å². The van der Waals surface area contributed by atoms with E-state index in [4.69, 9.17) is 27.6 Å². The van der Waals surface area contributed by atoms with Gasteiger partial charge in [-0.05, 0) is 23.1 Å². The van der Waals surface area contributed by atoms with Crippen molar-refractivity contribution in [2.24, 2.45) is 0 Å². The summed E-state index contributed by atoms with van der Waals surface area (Å²) in [7, 11) is 0. The molecule has 0 fully saturated rings. The smallest absolute Gasteiger partial charge is 0.108 e. The molecule has 1 heterocycles. The fourth-order valence-corrected chi connectivity index (χ4v) is 3.15. The van der Waals surface area contributed by atoms with Gasteiger partial charge in [-0.2, -0.15) is 0 Å². The molecule has 3 aromatic rings. The number of aryl methyl sites for hydroxylation is 1. The molecule has 3 rings (SSSR count). The molecule has 0 saturated heterocycles. The first-order chi connectivity index (χ1) is 9.72. The number of hydrogen-bond donors (Lipinski definition) is 0. The predicted molar refractivity (Wildman–Crippen MR) is 84.7 cm³/mol. The Balaban J connectivity index is 2.17. The molecular formula is C17H14Cl2O. The van der Waals surface area contributed by atoms with Crippen LogP contribution in [0.5, 0.6) is 0 Å². The molecule has 1 nitrogen and oxygen atoms in total. The molecule has 0 amide bonds. The van der Waals surface area contributed by atoms with Crippen LogP contribution < -0.4 is 0 Å². The van der Waals surface area contributed by atoms with Crippen LogP contribution in [0.15, 0.2) is 53.1 Å². The van der Waals surface area contributed by atoms with Crippen molar-refractivity contribution in [2.45, 2.75) is 18.7 Å². The molecular weight excluding hydrogens is 291 g/mol. The summed E-state index contributed by atoms with van der Waals surface area (Å²) >= 11 is 12.9. The number of furan rings is 1. The van der Waals surface area contributed by atoms with Crippen molar-refractivity contribution in [2.75, 3.05) is 0 Å². The lowest BCUT2D eigenvalue weighted by Crippen LogP contribution is -1.96. The van der Waals surface area contributed by atoms with Gasteiger partial charge in [0, 0.05) is 22.4 Å². The summed E-state index contributed by atoms with van der Waals surface area (Å²) in [6.45, 7) is 2.06. The van der Waals surface area contributed by atoms with Crippen LogP contribution in [-0.4, -0.2) is 0 Å². The lowest BCUT2D eigenvalue weighted by Gasteiger charge is -2.13. The third-order valence-corrected chi connectivity index (χ3v) is 4.35. The molecule has 2 aromatic carbocycles. The second-order valence-electron chi connectivity index (χ2n) is 4.70. The van der Waals surface area contributed by atoms with Crippen LogP contribution in [0.4, 0.5) is 0 Å². The Bertz CT molecular complexity index is 746. The molecule has 1 unspecified atom stereocenters. The molecule has 102 valence electrons. The first-order valence-electron chi connectivity index (χ1n) is 6.60. The third-order valence-electron chi connectivity index (χ3n) is 3.55. The maximum Gasteiger partial charge on any atom is 0.108 e. The van der Waals surface area contributed by atoms with Crippen molar-refractivity contribution in [1.82, 2.24) is 0 Å². The molecule has 0 aliphatic carbocycles. The van der Waals surface area contributed by atoms with Gasteiger partial charge in [0.2, 0.25) is 0 Å². The lowest BCUT2D eigenvalue weighted by atomic mass is 9.97. The van der Waals surface area contributed by atoms with Crippen LogP contribution in [0.3, 0.4) is 0 Å². The first-order valence-corrected chi connectivity index (χ1v) is 7.41. The molecule has 0 aliphatic heterocycles. The van der Waals surface area contributed by atoms with Crippen molar-refractivity contribution < 1.29 is 4.42 Å². The normalized spacial score (nSPS) is 12.8. The van der Waals surface area contributed by atoms with Crippen molar-refractivity contribution in [3.05, 3.63) is 70.6 Å². The highest BCUT2D eigenvalue weighted by Gasteiger charge is 2.19. The Morgan fingerprint density at radius 3 is 2.50 bits per heavy atom. The zero-order valence-electron chi connectivity index (χ0n) is 11.1. The quantitative estimate of drug-likeness (QED) is 0.543. The number of hydrogen-bond acceptors (Lipinski definition) is 1. The number of alkyl halides is 1. The van der Waals surface area contributed by atoms with E-state index < -0.39 is 0 Å². The van der Waals surface area contributed by atoms with Crippen LogP contribution in [0, 0.1) is 0 Å². The third kappa shape index (κ3) is 2.21. The average molecular weight is 305 g/mol. The molecule has 1 atom stereocenters. The van der Waals surface area contributed by atoms with E-state index in [-0.39, 0.29) is 5.38 Å². The highest BCUT2D eigenvalue weighted by atomic mass is 35.5. The molecule has 0 aliphatic rings. The minimum atomic E-state index is -0.231. The number of fused-ring (bicyclic) bond motifs is 1. The van der Waals surface area contributed by atoms with Crippen LogP contribution in [0.1, 0.15) is 29.2 Å². The van der Waals surface area contributed by atoms with E-state index in [0.717, 1.165) is 39.1 Å². The Morgan fingerprint density at radius 2 is 1.75 bits per heavy atom. The minimum absolute atomic E-state index is 0.231. The molecule has 1 aromatic heterocycles. The molecule has 0 bridgehead atoms. The van der Waals surface area contributed by atoms with Crippen molar-refractivity contribution in [3.8, 4) is 0 Å². The fourth-order valence-electron chi connectivity index (χ4n) is 2.54. The standard InChI is InChI=1S/C17H14Cl2O/c1-2-16-14(9-10-20-16)17(19)13-7-8-15(18)12-6-4-3-5-11(12)13/h3-10,17H,2H2,1H3. The van der Waals surface area contributed by atoms with Crippen molar-refractivity contribution in [3.63, 3.8) is 0 Å². The summed E-state index contributed by atoms with van der Waals surface area (Å²) in [5.41, 5.74) is 2.09. The molecule has 0 spiro atoms. The van der Waals surface area contributed by atoms with Gasteiger partial charge >= 0.3 is 0 Å². The van der Waals surface area contributed by atoms with E-state index >= 15 is 0 Å². The van der Waals surface area contributed by atoms with E-state index in [1.165, 1.54) is 0 Å². The summed E-state index contributed by atoms with van der Waals surface area (Å²) in [5.74, 6) is 0.934. The summed E-state index contributed by atoms with van der Waals surface area (Å²) in [6, 6.07) is 13.9. The van der Waals surface area contributed by atoms with Gasteiger partial charge in [0.1, 0.15) is 5.76 Å². The van der Waals surface area contributed by atoms with Crippen molar-refractivity contribution in [1.29, 1.82) is 0 Å². The predicted octanol–water partition coefficient (Wildman–Crippen LogP) is 5.98. The van der Waals surface area contributed by atoms with Crippen LogP contribution >= 0.6 is 23.2 Å². The SMILES string of the molecule is CCc1occc1C(Cl)c1ccc(Cl)c2ccccc12. The fraction of sp³-hybridized carbons (Fsp3) is 0.176. The van der Waals surface area contributed by atoms with Crippen LogP contribution in [0.25, 0.3) is 10.8 Å². The number of rotatable bonds is 3. The van der Waals surface area contributed by atoms with Gasteiger partial charge in [0.05, 0.1) is 11.6 Å². The number of benzene rings is 2. The van der Waals surface area contributed by atoms with Crippen LogP contribution in [-0.2, 0) is 6.42 Å². The molecule has 0 N–H and O–H groups in total. The first kappa shape index (κ1) is 13.5. The highest BCUT2D eigenvalue weighted by Crippen LogP contribution is 2.38. The van der Waals surface area contributed by atoms with E-state index in [2.05, 4.69) is 13.0 Å². The van der Waals surface area contributed by atoms with Gasteiger partial charge in [-0.15, -0.1) is 11.6 Å². The zero-order valence-corrected chi connectivity index (χ0v) is 12.6. The number of halogens is 2. The van der Waals surface area contributed by atoms with Gasteiger partial charge in [-0.25, -0.2) is 0 Å². The Kier molecular flexibility index (Phi) is 3.73. The largest absolute Gasteiger partial charge is 0.469 e. The average Bonchev–Trinajstić information content (AvgIpc) is 2.96. The Hall–Kier alpha value is -1.44. The minimum Gasteiger partial charge on any atom is -0.469 e. The molecule has 20 heavy (non-hydrogen) atoms. The Morgan fingerprint density at radius 1 is 1.00 bits per heavy atom. The van der Waals surface area contributed by atoms with Gasteiger partial charge < -0.3 is 4.42 Å². The summed E-state index contributed by atoms with van der Waals surface area (Å²) in [5, 5.41) is 2.63. The summed E-state index contributed by atoms with van der Waals surface area (Å²) < 4.78 is 5.48. The van der Waals surface area contributed by atoms with E-state index in [0.29, 0.717) is 0 Å². The van der Waals surface area contributed by atoms with E-state index in [1.54, 1.807) is 6.26 Å². The second-order valence-corrected chi connectivity index (χ2v) is 5.54. The van der Waals surface area contributed by atoms with Gasteiger partial charge in [-0.1, -0.05) is 48.9 Å². The zero-order chi connectivity index (χ0) is 14.1. The maximum atomic E-state index is 6.69. The highest BCUT2D eigenvalue weighted by molar-refractivity contribution is 6.36. The monoisotopic (exact) mass is 304 g/mol. The van der Waals surface area contributed by atoms with Gasteiger partial charge in [0.15, 0.2) is 0 Å². The molecule has 0 radical (unpaired) electrons. The van der Waals surface area contributed by atoms with Crippen LogP contribution in [0.2, 0.25) is 5.02 Å². The summed E-state index contributed by atoms with van der Waals surface area (Å²) in [6.07, 6.45) is 2.53.